The molecule has 7 heteroatoms. The number of thioether (sulfide) groups is 1. The van der Waals surface area contributed by atoms with Crippen molar-refractivity contribution in [2.45, 2.75) is 43.4 Å². The number of amides is 1. The van der Waals surface area contributed by atoms with E-state index in [1.54, 1.807) is 6.33 Å². The predicted molar refractivity (Wildman–Crippen MR) is 68.3 cm³/mol. The van der Waals surface area contributed by atoms with E-state index in [1.165, 1.54) is 11.8 Å². The van der Waals surface area contributed by atoms with Crippen LogP contribution in [0.25, 0.3) is 0 Å². The summed E-state index contributed by atoms with van der Waals surface area (Å²) in [6.45, 7) is 4.10. The second-order valence-electron chi connectivity index (χ2n) is 4.89. The molecule has 0 aromatic carbocycles. The molecule has 0 spiro atoms. The van der Waals surface area contributed by atoms with E-state index < -0.39 is 0 Å². The number of hydrogen-bond donors (Lipinski definition) is 2. The Morgan fingerprint density at radius 3 is 2.94 bits per heavy atom. The van der Waals surface area contributed by atoms with Crippen molar-refractivity contribution >= 4 is 17.7 Å². The second-order valence-corrected chi connectivity index (χ2v) is 5.83. The number of carbonyl (C=O) groups excluding carboxylic acids is 1. The smallest absolute Gasteiger partial charge is 0.230 e. The van der Waals surface area contributed by atoms with Gasteiger partial charge in [-0.1, -0.05) is 11.8 Å². The van der Waals surface area contributed by atoms with Crippen molar-refractivity contribution in [2.75, 3.05) is 12.4 Å². The fourth-order valence-corrected chi connectivity index (χ4v) is 2.47. The maximum atomic E-state index is 11.7. The Morgan fingerprint density at radius 2 is 2.39 bits per heavy atom. The topological polar surface area (TPSA) is 80.0 Å². The van der Waals surface area contributed by atoms with Crippen LogP contribution in [0.2, 0.25) is 0 Å². The first-order valence-electron chi connectivity index (χ1n) is 6.00. The van der Waals surface area contributed by atoms with Crippen molar-refractivity contribution in [1.82, 2.24) is 20.1 Å². The van der Waals surface area contributed by atoms with Crippen molar-refractivity contribution in [3.63, 3.8) is 0 Å². The van der Waals surface area contributed by atoms with Gasteiger partial charge in [0.25, 0.3) is 0 Å². The van der Waals surface area contributed by atoms with Gasteiger partial charge in [0.1, 0.15) is 6.33 Å². The van der Waals surface area contributed by atoms with Crippen LogP contribution in [-0.4, -0.2) is 43.7 Å². The lowest BCUT2D eigenvalue weighted by molar-refractivity contribution is -0.119. The Kier molecular flexibility index (Phi) is 3.91. The molecule has 0 atom stereocenters. The van der Waals surface area contributed by atoms with Crippen LogP contribution in [0.5, 0.6) is 0 Å². The third-order valence-corrected chi connectivity index (χ3v) is 3.95. The molecule has 1 aliphatic rings. The molecule has 1 amide bonds. The fraction of sp³-hybridized carbons (Fsp3) is 0.727. The normalized spacial score (nSPS) is 16.9. The van der Waals surface area contributed by atoms with E-state index in [2.05, 4.69) is 15.5 Å². The van der Waals surface area contributed by atoms with Crippen LogP contribution in [0.1, 0.15) is 32.7 Å². The first-order chi connectivity index (χ1) is 8.56. The molecule has 0 aliphatic heterocycles. The average Bonchev–Trinajstić information content (AvgIpc) is 2.93. The van der Waals surface area contributed by atoms with Crippen molar-refractivity contribution in [1.29, 1.82) is 0 Å². The fourth-order valence-electron chi connectivity index (χ4n) is 1.62. The van der Waals surface area contributed by atoms with Gasteiger partial charge in [-0.3, -0.25) is 4.79 Å². The summed E-state index contributed by atoms with van der Waals surface area (Å²) in [5.74, 6) is 0.234. The van der Waals surface area contributed by atoms with Crippen LogP contribution in [0, 0.1) is 0 Å². The van der Waals surface area contributed by atoms with E-state index in [-0.39, 0.29) is 24.1 Å². The first kappa shape index (κ1) is 13.4. The minimum absolute atomic E-state index is 0.0194. The molecule has 2 N–H and O–H groups in total. The molecular weight excluding hydrogens is 252 g/mol. The summed E-state index contributed by atoms with van der Waals surface area (Å²) in [6, 6.07) is 0.276. The van der Waals surface area contributed by atoms with Gasteiger partial charge < -0.3 is 15.0 Å². The highest BCUT2D eigenvalue weighted by Gasteiger charge is 2.43. The van der Waals surface area contributed by atoms with Crippen LogP contribution in [0.4, 0.5) is 0 Å². The summed E-state index contributed by atoms with van der Waals surface area (Å²) in [6.07, 6.45) is 3.39. The molecule has 0 radical (unpaired) electrons. The van der Waals surface area contributed by atoms with Gasteiger partial charge in [-0.2, -0.15) is 0 Å². The molecule has 1 fully saturated rings. The lowest BCUT2D eigenvalue weighted by Crippen LogP contribution is -2.40. The summed E-state index contributed by atoms with van der Waals surface area (Å²) in [5, 5.41) is 20.6. The van der Waals surface area contributed by atoms with E-state index >= 15 is 0 Å². The molecule has 1 aliphatic carbocycles. The third-order valence-electron chi connectivity index (χ3n) is 2.99. The zero-order chi connectivity index (χ0) is 13.2. The Morgan fingerprint density at radius 1 is 1.67 bits per heavy atom. The Bertz CT molecular complexity index is 428. The number of aromatic nitrogens is 3. The maximum absolute atomic E-state index is 11.7. The van der Waals surface area contributed by atoms with Gasteiger partial charge in [-0.15, -0.1) is 10.2 Å². The predicted octanol–water partition coefficient (Wildman–Crippen LogP) is 0.592. The molecule has 1 aromatic rings. The van der Waals surface area contributed by atoms with Crippen molar-refractivity contribution in [2.24, 2.45) is 0 Å². The molecule has 2 rings (SSSR count). The molecule has 0 unspecified atom stereocenters. The average molecular weight is 270 g/mol. The Balaban J connectivity index is 1.84. The minimum Gasteiger partial charge on any atom is -0.394 e. The minimum atomic E-state index is -0.344. The van der Waals surface area contributed by atoms with Crippen LogP contribution in [0.3, 0.4) is 0 Å². The van der Waals surface area contributed by atoms with Crippen LogP contribution in [0.15, 0.2) is 11.5 Å². The highest BCUT2D eigenvalue weighted by molar-refractivity contribution is 7.99. The molecule has 1 saturated carbocycles. The van der Waals surface area contributed by atoms with Crippen molar-refractivity contribution < 1.29 is 9.90 Å². The number of carbonyl (C=O) groups is 1. The van der Waals surface area contributed by atoms with E-state index in [0.717, 1.165) is 18.0 Å². The number of aliphatic hydroxyl groups is 1. The maximum Gasteiger partial charge on any atom is 0.230 e. The van der Waals surface area contributed by atoms with Gasteiger partial charge in [-0.25, -0.2) is 0 Å². The van der Waals surface area contributed by atoms with Gasteiger partial charge in [0.2, 0.25) is 5.91 Å². The molecule has 6 nitrogen and oxygen atoms in total. The number of rotatable bonds is 6. The van der Waals surface area contributed by atoms with E-state index in [0.29, 0.717) is 5.75 Å². The van der Waals surface area contributed by atoms with Gasteiger partial charge in [0.15, 0.2) is 5.16 Å². The number of nitrogens with zero attached hydrogens (tertiary/aromatic N) is 3. The monoisotopic (exact) mass is 270 g/mol. The van der Waals surface area contributed by atoms with Gasteiger partial charge in [0, 0.05) is 6.04 Å². The first-order valence-corrected chi connectivity index (χ1v) is 6.99. The standard InChI is InChI=1S/C11H18N4O2S/c1-8(2)15-7-12-14-10(15)18-5-9(17)13-11(6-16)3-4-11/h7-8,16H,3-6H2,1-2H3,(H,13,17). The quantitative estimate of drug-likeness (QED) is 0.740. The molecule has 100 valence electrons. The summed E-state index contributed by atoms with van der Waals surface area (Å²) < 4.78 is 1.93. The van der Waals surface area contributed by atoms with Gasteiger partial charge >= 0.3 is 0 Å². The highest BCUT2D eigenvalue weighted by Crippen LogP contribution is 2.34. The largest absolute Gasteiger partial charge is 0.394 e. The molecule has 18 heavy (non-hydrogen) atoms. The Hall–Kier alpha value is -1.08. The molecule has 0 bridgehead atoms. The molecule has 1 aromatic heterocycles. The van der Waals surface area contributed by atoms with E-state index in [1.807, 2.05) is 18.4 Å². The molecule has 0 saturated heterocycles. The van der Waals surface area contributed by atoms with Crippen LogP contribution < -0.4 is 5.32 Å². The number of nitrogens with one attached hydrogen (secondary N) is 1. The van der Waals surface area contributed by atoms with E-state index in [9.17, 15) is 4.79 Å². The number of hydrogen-bond acceptors (Lipinski definition) is 5. The SMILES string of the molecule is CC(C)n1cnnc1SCC(=O)NC1(CO)CC1. The van der Waals surface area contributed by atoms with Crippen LogP contribution in [-0.2, 0) is 4.79 Å². The van der Waals surface area contributed by atoms with Gasteiger partial charge in [0.05, 0.1) is 17.9 Å². The van der Waals surface area contributed by atoms with Crippen molar-refractivity contribution in [3.05, 3.63) is 6.33 Å². The van der Waals surface area contributed by atoms with E-state index in [4.69, 9.17) is 5.11 Å². The molecular formula is C11H18N4O2S. The molecule has 1 heterocycles. The third kappa shape index (κ3) is 3.02. The summed E-state index contributed by atoms with van der Waals surface area (Å²) in [7, 11) is 0. The van der Waals surface area contributed by atoms with Crippen molar-refractivity contribution in [3.8, 4) is 0 Å². The summed E-state index contributed by atoms with van der Waals surface area (Å²) in [4.78, 5) is 11.7. The van der Waals surface area contributed by atoms with Crippen LogP contribution >= 0.6 is 11.8 Å². The summed E-state index contributed by atoms with van der Waals surface area (Å²) in [5.41, 5.74) is -0.344. The lowest BCUT2D eigenvalue weighted by Gasteiger charge is -2.14. The highest BCUT2D eigenvalue weighted by atomic mass is 32.2. The zero-order valence-corrected chi connectivity index (χ0v) is 11.4. The second kappa shape index (κ2) is 5.27. The number of aliphatic hydroxyl groups excluding tert-OH is 1. The van der Waals surface area contributed by atoms with Gasteiger partial charge in [-0.05, 0) is 26.7 Å². The Labute approximate surface area is 110 Å². The summed E-state index contributed by atoms with van der Waals surface area (Å²) >= 11 is 1.36. The zero-order valence-electron chi connectivity index (χ0n) is 10.6. The lowest BCUT2D eigenvalue weighted by atomic mass is 10.3.